The van der Waals surface area contributed by atoms with Crippen molar-refractivity contribution < 1.29 is 8.42 Å². The lowest BCUT2D eigenvalue weighted by molar-refractivity contribution is 0.471. The Balaban J connectivity index is 2.90. The van der Waals surface area contributed by atoms with Crippen molar-refractivity contribution >= 4 is 30.8 Å². The quantitative estimate of drug-likeness (QED) is 0.676. The largest absolute Gasteiger partial charge is 0.303 e. The predicted octanol–water partition coefficient (Wildman–Crippen LogP) is 0.569. The number of hydrogen-bond donors (Lipinski definition) is 0. The summed E-state index contributed by atoms with van der Waals surface area (Å²) in [5.74, 6) is 0. The van der Waals surface area contributed by atoms with E-state index in [0.717, 1.165) is 5.41 Å². The number of sulfone groups is 1. The summed E-state index contributed by atoms with van der Waals surface area (Å²) in [6.07, 6.45) is 0. The Morgan fingerprint density at radius 2 is 2.17 bits per heavy atom. The number of nitrogens with zero attached hydrogens (tertiary/aromatic N) is 2. The molecular formula is C6H9BrN2O2S. The van der Waals surface area contributed by atoms with Crippen LogP contribution in [0.1, 0.15) is 0 Å². The van der Waals surface area contributed by atoms with Gasteiger partial charge in [-0.1, -0.05) is 0 Å². The van der Waals surface area contributed by atoms with Crippen molar-refractivity contribution in [2.45, 2.75) is 0 Å². The SMILES string of the molecule is CN(C)CC1=NC(Br)=CS1(=O)=O. The highest BCUT2D eigenvalue weighted by molar-refractivity contribution is 9.11. The Labute approximate surface area is 80.0 Å². The molecule has 68 valence electrons. The smallest absolute Gasteiger partial charge is 0.217 e. The molecule has 0 unspecified atom stereocenters. The van der Waals surface area contributed by atoms with E-state index in [4.69, 9.17) is 0 Å². The van der Waals surface area contributed by atoms with E-state index in [1.807, 2.05) is 0 Å². The number of halogens is 1. The highest BCUT2D eigenvalue weighted by atomic mass is 79.9. The van der Waals surface area contributed by atoms with Gasteiger partial charge in [0.1, 0.15) is 4.61 Å². The molecule has 0 amide bonds. The van der Waals surface area contributed by atoms with Crippen LogP contribution in [0.5, 0.6) is 0 Å². The molecule has 12 heavy (non-hydrogen) atoms. The van der Waals surface area contributed by atoms with E-state index >= 15 is 0 Å². The average Bonchev–Trinajstić information content (AvgIpc) is 2.04. The van der Waals surface area contributed by atoms with Crippen LogP contribution in [0.25, 0.3) is 0 Å². The molecule has 0 saturated carbocycles. The molecule has 0 saturated heterocycles. The fourth-order valence-electron chi connectivity index (χ4n) is 0.801. The zero-order valence-corrected chi connectivity index (χ0v) is 9.18. The van der Waals surface area contributed by atoms with Gasteiger partial charge in [0, 0.05) is 0 Å². The van der Waals surface area contributed by atoms with Crippen LogP contribution in [0, 0.1) is 0 Å². The molecule has 0 fully saturated rings. The van der Waals surface area contributed by atoms with E-state index in [2.05, 4.69) is 20.9 Å². The van der Waals surface area contributed by atoms with Crippen LogP contribution < -0.4 is 0 Å². The highest BCUT2D eigenvalue weighted by Crippen LogP contribution is 2.19. The van der Waals surface area contributed by atoms with Gasteiger partial charge in [-0.05, 0) is 30.0 Å². The topological polar surface area (TPSA) is 49.7 Å². The maximum absolute atomic E-state index is 11.2. The molecule has 0 aliphatic carbocycles. The summed E-state index contributed by atoms with van der Waals surface area (Å²) >= 11 is 3.02. The summed E-state index contributed by atoms with van der Waals surface area (Å²) in [4.78, 5) is 5.61. The molecule has 6 heteroatoms. The monoisotopic (exact) mass is 252 g/mol. The molecule has 0 aromatic rings. The first-order valence-corrected chi connectivity index (χ1v) is 5.60. The fraction of sp³-hybridized carbons (Fsp3) is 0.500. The van der Waals surface area contributed by atoms with Gasteiger partial charge in [0.25, 0.3) is 0 Å². The Hall–Kier alpha value is -0.200. The minimum atomic E-state index is -3.23. The van der Waals surface area contributed by atoms with Crippen LogP contribution in [0.2, 0.25) is 0 Å². The van der Waals surface area contributed by atoms with Crippen molar-refractivity contribution in [2.24, 2.45) is 4.99 Å². The van der Waals surface area contributed by atoms with Gasteiger partial charge in [-0.2, -0.15) is 0 Å². The molecule has 0 radical (unpaired) electrons. The first-order valence-electron chi connectivity index (χ1n) is 3.26. The van der Waals surface area contributed by atoms with Gasteiger partial charge in [0.2, 0.25) is 9.84 Å². The van der Waals surface area contributed by atoms with Crippen LogP contribution in [-0.2, 0) is 9.84 Å². The lowest BCUT2D eigenvalue weighted by Crippen LogP contribution is -2.25. The van der Waals surface area contributed by atoms with Gasteiger partial charge in [-0.3, -0.25) is 0 Å². The van der Waals surface area contributed by atoms with Gasteiger partial charge >= 0.3 is 0 Å². The van der Waals surface area contributed by atoms with Crippen molar-refractivity contribution in [2.75, 3.05) is 20.6 Å². The van der Waals surface area contributed by atoms with E-state index in [1.54, 1.807) is 19.0 Å². The van der Waals surface area contributed by atoms with Crippen LogP contribution in [0.3, 0.4) is 0 Å². The molecule has 4 nitrogen and oxygen atoms in total. The third kappa shape index (κ3) is 2.15. The number of rotatable bonds is 2. The molecule has 0 atom stereocenters. The standard InChI is InChI=1S/C6H9BrN2O2S/c1-9(2)3-6-8-5(7)4-12(6,10)11/h4H,3H2,1-2H3. The van der Waals surface area contributed by atoms with E-state index in [-0.39, 0.29) is 5.04 Å². The molecule has 0 spiro atoms. The molecule has 1 aliphatic rings. The fourth-order valence-corrected chi connectivity index (χ4v) is 2.98. The zero-order valence-electron chi connectivity index (χ0n) is 6.78. The maximum Gasteiger partial charge on any atom is 0.217 e. The molecule has 0 aromatic heterocycles. The summed E-state index contributed by atoms with van der Waals surface area (Å²) in [7, 11) is 0.360. The minimum Gasteiger partial charge on any atom is -0.303 e. The molecule has 0 bridgehead atoms. The molecule has 1 rings (SSSR count). The second kappa shape index (κ2) is 3.27. The summed E-state index contributed by atoms with van der Waals surface area (Å²) in [6.45, 7) is 0.341. The Bertz CT molecular complexity index is 343. The minimum absolute atomic E-state index is 0.194. The van der Waals surface area contributed by atoms with Crippen molar-refractivity contribution in [3.8, 4) is 0 Å². The van der Waals surface area contributed by atoms with E-state index in [0.29, 0.717) is 11.2 Å². The lowest BCUT2D eigenvalue weighted by atomic mass is 10.6. The average molecular weight is 253 g/mol. The molecule has 1 aliphatic heterocycles. The highest BCUT2D eigenvalue weighted by Gasteiger charge is 2.23. The van der Waals surface area contributed by atoms with Gasteiger partial charge in [-0.25, -0.2) is 13.4 Å². The zero-order chi connectivity index (χ0) is 9.35. The summed E-state index contributed by atoms with van der Waals surface area (Å²) in [5.41, 5.74) is 0. The van der Waals surface area contributed by atoms with Gasteiger partial charge < -0.3 is 4.90 Å². The number of aliphatic imine (C=N–C) groups is 1. The van der Waals surface area contributed by atoms with Crippen LogP contribution >= 0.6 is 15.9 Å². The van der Waals surface area contributed by atoms with Crippen LogP contribution in [-0.4, -0.2) is 39.0 Å². The molecular weight excluding hydrogens is 244 g/mol. The second-order valence-corrected chi connectivity index (χ2v) is 5.34. The van der Waals surface area contributed by atoms with Crippen molar-refractivity contribution in [3.05, 3.63) is 10.0 Å². The predicted molar refractivity (Wildman–Crippen MR) is 51.9 cm³/mol. The first-order chi connectivity index (χ1) is 5.42. The van der Waals surface area contributed by atoms with E-state index in [1.165, 1.54) is 0 Å². The molecule has 0 aromatic carbocycles. The maximum atomic E-state index is 11.2. The third-order valence-corrected chi connectivity index (χ3v) is 3.38. The van der Waals surface area contributed by atoms with Crippen molar-refractivity contribution in [3.63, 3.8) is 0 Å². The Morgan fingerprint density at radius 3 is 2.50 bits per heavy atom. The van der Waals surface area contributed by atoms with Crippen molar-refractivity contribution in [1.29, 1.82) is 0 Å². The van der Waals surface area contributed by atoms with E-state index in [9.17, 15) is 8.42 Å². The summed E-state index contributed by atoms with van der Waals surface area (Å²) in [6, 6.07) is 0. The molecule has 0 N–H and O–H groups in total. The van der Waals surface area contributed by atoms with Crippen LogP contribution in [0.4, 0.5) is 0 Å². The second-order valence-electron chi connectivity index (χ2n) is 2.73. The van der Waals surface area contributed by atoms with E-state index < -0.39 is 9.84 Å². The van der Waals surface area contributed by atoms with Gasteiger partial charge in [-0.15, -0.1) is 0 Å². The first kappa shape index (κ1) is 9.88. The Morgan fingerprint density at radius 1 is 1.58 bits per heavy atom. The van der Waals surface area contributed by atoms with Gasteiger partial charge in [0.05, 0.1) is 12.0 Å². The Kier molecular flexibility index (Phi) is 2.70. The summed E-state index contributed by atoms with van der Waals surface area (Å²) < 4.78 is 22.9. The number of hydrogen-bond acceptors (Lipinski definition) is 4. The van der Waals surface area contributed by atoms with Gasteiger partial charge in [0.15, 0.2) is 5.04 Å². The normalized spacial score (nSPS) is 21.0. The summed E-state index contributed by atoms with van der Waals surface area (Å²) in [5, 5.41) is 1.31. The lowest BCUT2D eigenvalue weighted by Gasteiger charge is -2.07. The van der Waals surface area contributed by atoms with Crippen molar-refractivity contribution in [1.82, 2.24) is 4.90 Å². The molecule has 1 heterocycles. The van der Waals surface area contributed by atoms with Crippen LogP contribution in [0.15, 0.2) is 15.0 Å². The third-order valence-electron chi connectivity index (χ3n) is 1.26.